The van der Waals surface area contributed by atoms with Crippen molar-refractivity contribution in [3.05, 3.63) is 35.9 Å². The minimum Gasteiger partial charge on any atom is -0.387 e. The number of thioether (sulfide) groups is 1. The van der Waals surface area contributed by atoms with Crippen molar-refractivity contribution in [1.82, 2.24) is 0 Å². The van der Waals surface area contributed by atoms with E-state index in [9.17, 15) is 0 Å². The van der Waals surface area contributed by atoms with Gasteiger partial charge in [0.2, 0.25) is 0 Å². The van der Waals surface area contributed by atoms with Gasteiger partial charge in [0.15, 0.2) is 0 Å². The minimum atomic E-state index is 0.0721. The molecule has 0 spiro atoms. The standard InChI is InChI=1S/C14H22N2S/c1-2-3-7-10-17-11-13(14(15)16)12-8-5-4-6-9-12/h4-6,8-9,13H,2-3,7,10-11H2,1H3,(H3,15,16). The number of benzene rings is 1. The van der Waals surface area contributed by atoms with E-state index in [0.29, 0.717) is 0 Å². The predicted molar refractivity (Wildman–Crippen MR) is 77.9 cm³/mol. The second kappa shape index (κ2) is 8.18. The molecule has 94 valence electrons. The Labute approximate surface area is 108 Å². The molecule has 3 N–H and O–H groups in total. The zero-order chi connectivity index (χ0) is 12.5. The molecule has 1 atom stereocenters. The summed E-state index contributed by atoms with van der Waals surface area (Å²) >= 11 is 1.90. The Kier molecular flexibility index (Phi) is 6.78. The van der Waals surface area contributed by atoms with E-state index in [1.165, 1.54) is 25.0 Å². The number of hydrogen-bond acceptors (Lipinski definition) is 2. The quantitative estimate of drug-likeness (QED) is 0.420. The third-order valence-electron chi connectivity index (χ3n) is 2.75. The fourth-order valence-corrected chi connectivity index (χ4v) is 2.89. The minimum absolute atomic E-state index is 0.0721. The van der Waals surface area contributed by atoms with Gasteiger partial charge in [0.25, 0.3) is 0 Å². The van der Waals surface area contributed by atoms with E-state index in [0.717, 1.165) is 11.3 Å². The molecule has 17 heavy (non-hydrogen) atoms. The molecule has 3 heteroatoms. The lowest BCUT2D eigenvalue weighted by molar-refractivity contribution is 0.778. The molecule has 1 rings (SSSR count). The molecule has 0 saturated carbocycles. The molecular formula is C14H22N2S. The highest BCUT2D eigenvalue weighted by Crippen LogP contribution is 2.21. The molecule has 0 heterocycles. The second-order valence-electron chi connectivity index (χ2n) is 4.20. The average Bonchev–Trinajstić information content (AvgIpc) is 2.34. The van der Waals surface area contributed by atoms with E-state index in [4.69, 9.17) is 11.1 Å². The van der Waals surface area contributed by atoms with Gasteiger partial charge >= 0.3 is 0 Å². The van der Waals surface area contributed by atoms with Gasteiger partial charge in [-0.25, -0.2) is 0 Å². The molecule has 1 aromatic carbocycles. The van der Waals surface area contributed by atoms with Crippen LogP contribution in [-0.4, -0.2) is 17.3 Å². The van der Waals surface area contributed by atoms with Crippen LogP contribution < -0.4 is 5.73 Å². The largest absolute Gasteiger partial charge is 0.387 e. The van der Waals surface area contributed by atoms with Crippen LogP contribution in [0.4, 0.5) is 0 Å². The lowest BCUT2D eigenvalue weighted by Gasteiger charge is -2.15. The van der Waals surface area contributed by atoms with Crippen molar-refractivity contribution in [2.75, 3.05) is 11.5 Å². The molecule has 0 amide bonds. The Morgan fingerprint density at radius 1 is 1.29 bits per heavy atom. The number of hydrogen-bond donors (Lipinski definition) is 2. The van der Waals surface area contributed by atoms with Gasteiger partial charge in [0, 0.05) is 11.7 Å². The molecule has 0 aliphatic rings. The first kappa shape index (κ1) is 14.1. The lowest BCUT2D eigenvalue weighted by atomic mass is 10.0. The molecule has 1 unspecified atom stereocenters. The van der Waals surface area contributed by atoms with Crippen molar-refractivity contribution >= 4 is 17.6 Å². The number of unbranched alkanes of at least 4 members (excludes halogenated alkanes) is 2. The van der Waals surface area contributed by atoms with Gasteiger partial charge < -0.3 is 5.73 Å². The topological polar surface area (TPSA) is 49.9 Å². The number of amidine groups is 1. The molecule has 0 bridgehead atoms. The van der Waals surface area contributed by atoms with E-state index < -0.39 is 0 Å². The van der Waals surface area contributed by atoms with Crippen LogP contribution in [-0.2, 0) is 0 Å². The monoisotopic (exact) mass is 250 g/mol. The van der Waals surface area contributed by atoms with Crippen LogP contribution in [0, 0.1) is 5.41 Å². The third kappa shape index (κ3) is 5.26. The third-order valence-corrected chi connectivity index (χ3v) is 3.90. The first-order valence-corrected chi connectivity index (χ1v) is 7.37. The highest BCUT2D eigenvalue weighted by molar-refractivity contribution is 7.99. The first-order valence-electron chi connectivity index (χ1n) is 6.22. The van der Waals surface area contributed by atoms with Crippen LogP contribution in [0.1, 0.15) is 37.7 Å². The Morgan fingerprint density at radius 2 is 2.00 bits per heavy atom. The van der Waals surface area contributed by atoms with Gasteiger partial charge in [0.1, 0.15) is 0 Å². The van der Waals surface area contributed by atoms with Gasteiger partial charge in [-0.1, -0.05) is 50.1 Å². The number of rotatable bonds is 8. The Morgan fingerprint density at radius 3 is 2.59 bits per heavy atom. The summed E-state index contributed by atoms with van der Waals surface area (Å²) in [6, 6.07) is 10.1. The Hall–Kier alpha value is -0.960. The highest BCUT2D eigenvalue weighted by Gasteiger charge is 2.14. The number of nitrogens with one attached hydrogen (secondary N) is 1. The van der Waals surface area contributed by atoms with Crippen molar-refractivity contribution < 1.29 is 0 Å². The highest BCUT2D eigenvalue weighted by atomic mass is 32.2. The van der Waals surface area contributed by atoms with E-state index in [1.807, 2.05) is 30.0 Å². The zero-order valence-electron chi connectivity index (χ0n) is 10.5. The molecule has 0 aliphatic carbocycles. The van der Waals surface area contributed by atoms with Gasteiger partial charge in [-0.3, -0.25) is 5.41 Å². The fourth-order valence-electron chi connectivity index (χ4n) is 1.71. The van der Waals surface area contributed by atoms with Crippen LogP contribution in [0.5, 0.6) is 0 Å². The second-order valence-corrected chi connectivity index (χ2v) is 5.35. The fraction of sp³-hybridized carbons (Fsp3) is 0.500. The summed E-state index contributed by atoms with van der Waals surface area (Å²) in [5.74, 6) is 2.44. The molecule has 1 aromatic rings. The van der Waals surface area contributed by atoms with E-state index in [1.54, 1.807) is 0 Å². The molecule has 0 fully saturated rings. The van der Waals surface area contributed by atoms with Gasteiger partial charge in [0.05, 0.1) is 5.84 Å². The Bertz CT molecular complexity index is 324. The van der Waals surface area contributed by atoms with E-state index in [2.05, 4.69) is 19.1 Å². The van der Waals surface area contributed by atoms with Crippen LogP contribution in [0.3, 0.4) is 0 Å². The van der Waals surface area contributed by atoms with Crippen molar-refractivity contribution in [3.63, 3.8) is 0 Å². The first-order chi connectivity index (χ1) is 8.25. The summed E-state index contributed by atoms with van der Waals surface area (Å²) < 4.78 is 0. The van der Waals surface area contributed by atoms with Crippen LogP contribution in [0.25, 0.3) is 0 Å². The van der Waals surface area contributed by atoms with Crippen LogP contribution in [0.2, 0.25) is 0 Å². The summed E-state index contributed by atoms with van der Waals surface area (Å²) in [5, 5.41) is 7.67. The van der Waals surface area contributed by atoms with Crippen LogP contribution in [0.15, 0.2) is 30.3 Å². The predicted octanol–water partition coefficient (Wildman–Crippen LogP) is 3.63. The number of nitrogens with two attached hydrogens (primary N) is 1. The summed E-state index contributed by atoms with van der Waals surface area (Å²) in [6.45, 7) is 2.22. The molecule has 0 aliphatic heterocycles. The molecule has 2 nitrogen and oxygen atoms in total. The van der Waals surface area contributed by atoms with Gasteiger partial charge in [-0.05, 0) is 17.7 Å². The Balaban J connectivity index is 2.42. The maximum absolute atomic E-state index is 7.67. The smallest absolute Gasteiger partial charge is 0.0990 e. The maximum atomic E-state index is 7.67. The van der Waals surface area contributed by atoms with E-state index in [-0.39, 0.29) is 11.8 Å². The summed E-state index contributed by atoms with van der Waals surface area (Å²) in [5.41, 5.74) is 6.84. The summed E-state index contributed by atoms with van der Waals surface area (Å²) in [7, 11) is 0. The average molecular weight is 250 g/mol. The van der Waals surface area contributed by atoms with E-state index >= 15 is 0 Å². The summed E-state index contributed by atoms with van der Waals surface area (Å²) in [4.78, 5) is 0. The van der Waals surface area contributed by atoms with Crippen LogP contribution >= 0.6 is 11.8 Å². The van der Waals surface area contributed by atoms with Gasteiger partial charge in [-0.2, -0.15) is 11.8 Å². The van der Waals surface area contributed by atoms with Crippen molar-refractivity contribution in [1.29, 1.82) is 5.41 Å². The van der Waals surface area contributed by atoms with Crippen molar-refractivity contribution in [3.8, 4) is 0 Å². The molecule has 0 saturated heterocycles. The van der Waals surface area contributed by atoms with Gasteiger partial charge in [-0.15, -0.1) is 0 Å². The SMILES string of the molecule is CCCCCSCC(C(=N)N)c1ccccc1. The zero-order valence-corrected chi connectivity index (χ0v) is 11.3. The van der Waals surface area contributed by atoms with Crippen molar-refractivity contribution in [2.24, 2.45) is 5.73 Å². The maximum Gasteiger partial charge on any atom is 0.0990 e. The normalized spacial score (nSPS) is 12.3. The molecule has 0 radical (unpaired) electrons. The summed E-state index contributed by atoms with van der Waals surface area (Å²) in [6.07, 6.45) is 3.82. The molecule has 0 aromatic heterocycles. The lowest BCUT2D eigenvalue weighted by Crippen LogP contribution is -2.22. The molecular weight excluding hydrogens is 228 g/mol. The van der Waals surface area contributed by atoms with Crippen molar-refractivity contribution in [2.45, 2.75) is 32.1 Å².